The molecule has 0 amide bonds. The first kappa shape index (κ1) is 15.5. The summed E-state index contributed by atoms with van der Waals surface area (Å²) in [5, 5.41) is 0. The Kier molecular flexibility index (Phi) is 4.61. The van der Waals surface area contributed by atoms with Crippen LogP contribution in [-0.2, 0) is 15.1 Å². The molecule has 1 rings (SSSR count). The lowest BCUT2D eigenvalue weighted by Gasteiger charge is -2.31. The van der Waals surface area contributed by atoms with E-state index < -0.39 is 11.0 Å². The van der Waals surface area contributed by atoms with E-state index in [0.29, 0.717) is 0 Å². The summed E-state index contributed by atoms with van der Waals surface area (Å²) in [5.41, 5.74) is -0.208. The zero-order valence-corrected chi connectivity index (χ0v) is 12.7. The van der Waals surface area contributed by atoms with Gasteiger partial charge in [-0.1, -0.05) is 19.1 Å². The maximum atomic E-state index is 12.2. The molecule has 1 aromatic carbocycles. The van der Waals surface area contributed by atoms with E-state index in [1.165, 1.54) is 0 Å². The van der Waals surface area contributed by atoms with E-state index in [9.17, 15) is 4.79 Å². The third kappa shape index (κ3) is 3.72. The average Bonchev–Trinajstić information content (AvgIpc) is 2.38. The fourth-order valence-corrected chi connectivity index (χ4v) is 1.57. The van der Waals surface area contributed by atoms with Gasteiger partial charge in [0.1, 0.15) is 11.4 Å². The molecule has 0 N–H and O–H groups in total. The second-order valence-corrected chi connectivity index (χ2v) is 5.87. The summed E-state index contributed by atoms with van der Waals surface area (Å²) in [6.45, 7) is 9.57. The van der Waals surface area contributed by atoms with Crippen molar-refractivity contribution in [3.63, 3.8) is 0 Å². The van der Waals surface area contributed by atoms with Crippen molar-refractivity contribution in [3.05, 3.63) is 29.8 Å². The molecule has 0 saturated heterocycles. The van der Waals surface area contributed by atoms with E-state index in [2.05, 4.69) is 0 Å². The van der Waals surface area contributed by atoms with Crippen molar-refractivity contribution in [2.24, 2.45) is 5.41 Å². The summed E-state index contributed by atoms with van der Waals surface area (Å²) in [5.74, 6) is 0.583. The minimum absolute atomic E-state index is 0.178. The molecule has 0 atom stereocenters. The van der Waals surface area contributed by atoms with Crippen molar-refractivity contribution in [1.82, 2.24) is 0 Å². The Morgan fingerprint density at radius 2 is 1.84 bits per heavy atom. The SMILES string of the molecule is CCC(C)(C)C(=O)OC(C)(C)c1cccc(OC)c1. The number of carbonyl (C=O) groups is 1. The van der Waals surface area contributed by atoms with E-state index in [4.69, 9.17) is 9.47 Å². The number of hydrogen-bond acceptors (Lipinski definition) is 3. The van der Waals surface area contributed by atoms with Gasteiger partial charge in [0.05, 0.1) is 12.5 Å². The first-order chi connectivity index (χ1) is 8.73. The molecule has 0 spiro atoms. The first-order valence-electron chi connectivity index (χ1n) is 6.61. The van der Waals surface area contributed by atoms with Crippen LogP contribution in [-0.4, -0.2) is 13.1 Å². The van der Waals surface area contributed by atoms with Crippen molar-refractivity contribution in [1.29, 1.82) is 0 Å². The number of rotatable bonds is 5. The summed E-state index contributed by atoms with van der Waals surface area (Å²) in [6.07, 6.45) is 0.750. The summed E-state index contributed by atoms with van der Waals surface area (Å²) in [6, 6.07) is 7.60. The summed E-state index contributed by atoms with van der Waals surface area (Å²) in [4.78, 5) is 12.2. The van der Waals surface area contributed by atoms with Crippen LogP contribution >= 0.6 is 0 Å². The standard InChI is InChI=1S/C16H24O3/c1-7-15(2,3)14(17)19-16(4,5)12-9-8-10-13(11-12)18-6/h8-11H,7H2,1-6H3. The Hall–Kier alpha value is -1.51. The largest absolute Gasteiger partial charge is 0.497 e. The molecule has 1 aromatic rings. The Morgan fingerprint density at radius 1 is 1.21 bits per heavy atom. The van der Waals surface area contributed by atoms with Gasteiger partial charge < -0.3 is 9.47 Å². The summed E-state index contributed by atoms with van der Waals surface area (Å²) in [7, 11) is 1.62. The molecule has 3 nitrogen and oxygen atoms in total. The van der Waals surface area contributed by atoms with Crippen LogP contribution in [0, 0.1) is 5.41 Å². The Bertz CT molecular complexity index is 447. The normalized spacial score (nSPS) is 12.1. The van der Waals surface area contributed by atoms with Crippen LogP contribution in [0.2, 0.25) is 0 Å². The van der Waals surface area contributed by atoms with Crippen molar-refractivity contribution in [2.75, 3.05) is 7.11 Å². The molecule has 0 aliphatic carbocycles. The fourth-order valence-electron chi connectivity index (χ4n) is 1.57. The first-order valence-corrected chi connectivity index (χ1v) is 6.61. The quantitative estimate of drug-likeness (QED) is 0.756. The van der Waals surface area contributed by atoms with Gasteiger partial charge in [-0.3, -0.25) is 4.79 Å². The molecule has 0 bridgehead atoms. The molecule has 0 unspecified atom stereocenters. The molecule has 106 valence electrons. The third-order valence-corrected chi connectivity index (χ3v) is 3.55. The van der Waals surface area contributed by atoms with Gasteiger partial charge in [0.2, 0.25) is 0 Å². The Labute approximate surface area is 115 Å². The number of esters is 1. The van der Waals surface area contributed by atoms with Crippen LogP contribution in [0.15, 0.2) is 24.3 Å². The monoisotopic (exact) mass is 264 g/mol. The topological polar surface area (TPSA) is 35.5 Å². The molecule has 0 saturated carbocycles. The smallest absolute Gasteiger partial charge is 0.312 e. The van der Waals surface area contributed by atoms with Crippen LogP contribution < -0.4 is 4.74 Å². The van der Waals surface area contributed by atoms with Gasteiger partial charge in [-0.25, -0.2) is 0 Å². The molecular weight excluding hydrogens is 240 g/mol. The van der Waals surface area contributed by atoms with Crippen LogP contribution in [0.5, 0.6) is 5.75 Å². The van der Waals surface area contributed by atoms with Crippen molar-refractivity contribution < 1.29 is 14.3 Å². The lowest BCUT2D eigenvalue weighted by molar-refractivity contribution is -0.168. The Morgan fingerprint density at radius 3 is 2.37 bits per heavy atom. The zero-order valence-electron chi connectivity index (χ0n) is 12.7. The van der Waals surface area contributed by atoms with Gasteiger partial charge >= 0.3 is 5.97 Å². The summed E-state index contributed by atoms with van der Waals surface area (Å²) < 4.78 is 10.9. The highest BCUT2D eigenvalue weighted by atomic mass is 16.6. The summed E-state index contributed by atoms with van der Waals surface area (Å²) >= 11 is 0. The van der Waals surface area contributed by atoms with Gasteiger partial charge in [-0.05, 0) is 51.8 Å². The molecule has 3 heteroatoms. The average molecular weight is 264 g/mol. The van der Waals surface area contributed by atoms with Crippen LogP contribution in [0.4, 0.5) is 0 Å². The van der Waals surface area contributed by atoms with Gasteiger partial charge in [0.25, 0.3) is 0 Å². The Balaban J connectivity index is 2.94. The number of ether oxygens (including phenoxy) is 2. The van der Waals surface area contributed by atoms with Crippen LogP contribution in [0.1, 0.15) is 46.6 Å². The number of benzene rings is 1. The molecule has 19 heavy (non-hydrogen) atoms. The fraction of sp³-hybridized carbons (Fsp3) is 0.562. The number of hydrogen-bond donors (Lipinski definition) is 0. The molecule has 0 aliphatic rings. The molecule has 0 fully saturated rings. The van der Waals surface area contributed by atoms with Crippen molar-refractivity contribution in [3.8, 4) is 5.75 Å². The molecule has 0 heterocycles. The van der Waals surface area contributed by atoms with Crippen molar-refractivity contribution >= 4 is 5.97 Å². The molecular formula is C16H24O3. The maximum absolute atomic E-state index is 12.2. The van der Waals surface area contributed by atoms with Crippen LogP contribution in [0.25, 0.3) is 0 Å². The predicted molar refractivity (Wildman–Crippen MR) is 76.2 cm³/mol. The molecule has 0 aromatic heterocycles. The second-order valence-electron chi connectivity index (χ2n) is 5.87. The van der Waals surface area contributed by atoms with E-state index in [-0.39, 0.29) is 5.97 Å². The van der Waals surface area contributed by atoms with Gasteiger partial charge in [0, 0.05) is 0 Å². The lowest BCUT2D eigenvalue weighted by Crippen LogP contribution is -2.33. The van der Waals surface area contributed by atoms with Crippen LogP contribution in [0.3, 0.4) is 0 Å². The predicted octanol–water partition coefficient (Wildman–Crippen LogP) is 3.91. The zero-order chi connectivity index (χ0) is 14.7. The van der Waals surface area contributed by atoms with E-state index in [0.717, 1.165) is 17.7 Å². The van der Waals surface area contributed by atoms with Gasteiger partial charge in [0.15, 0.2) is 0 Å². The molecule has 0 aliphatic heterocycles. The van der Waals surface area contributed by atoms with E-state index >= 15 is 0 Å². The second kappa shape index (κ2) is 5.64. The lowest BCUT2D eigenvalue weighted by atomic mass is 9.89. The highest BCUT2D eigenvalue weighted by molar-refractivity contribution is 5.76. The molecule has 0 radical (unpaired) electrons. The van der Waals surface area contributed by atoms with Crippen molar-refractivity contribution in [2.45, 2.75) is 46.6 Å². The highest BCUT2D eigenvalue weighted by Crippen LogP contribution is 2.31. The van der Waals surface area contributed by atoms with E-state index in [1.54, 1.807) is 7.11 Å². The highest BCUT2D eigenvalue weighted by Gasteiger charge is 2.33. The minimum atomic E-state index is -0.669. The maximum Gasteiger partial charge on any atom is 0.312 e. The number of methoxy groups -OCH3 is 1. The van der Waals surface area contributed by atoms with Gasteiger partial charge in [-0.2, -0.15) is 0 Å². The van der Waals surface area contributed by atoms with E-state index in [1.807, 2.05) is 58.9 Å². The third-order valence-electron chi connectivity index (χ3n) is 3.55. The van der Waals surface area contributed by atoms with Gasteiger partial charge in [-0.15, -0.1) is 0 Å². The minimum Gasteiger partial charge on any atom is -0.497 e. The number of carbonyl (C=O) groups excluding carboxylic acids is 1.